The zero-order chi connectivity index (χ0) is 13.5. The van der Waals surface area contributed by atoms with Crippen LogP contribution in [0.25, 0.3) is 0 Å². The highest BCUT2D eigenvalue weighted by molar-refractivity contribution is 5.82. The van der Waals surface area contributed by atoms with Crippen molar-refractivity contribution in [3.8, 4) is 0 Å². The van der Waals surface area contributed by atoms with Gasteiger partial charge in [0.05, 0.1) is 19.8 Å². The number of rotatable bonds is 7. The summed E-state index contributed by atoms with van der Waals surface area (Å²) < 4.78 is 15.7. The number of carbonyl (C=O) groups excluding carboxylic acids is 1. The predicted octanol–water partition coefficient (Wildman–Crippen LogP) is 2.09. The summed E-state index contributed by atoms with van der Waals surface area (Å²) in [6, 6.07) is 9.98. The average Bonchev–Trinajstić information content (AvgIpc) is 3.17. The molecule has 4 heteroatoms. The van der Waals surface area contributed by atoms with Gasteiger partial charge in [-0.3, -0.25) is 0 Å². The Balaban J connectivity index is 1.61. The summed E-state index contributed by atoms with van der Waals surface area (Å²) in [6.07, 6.45) is 3.15. The summed E-state index contributed by atoms with van der Waals surface area (Å²) in [5.74, 6) is -0.332. The van der Waals surface area contributed by atoms with Crippen LogP contribution in [-0.2, 0) is 25.6 Å². The van der Waals surface area contributed by atoms with Crippen molar-refractivity contribution < 1.29 is 19.0 Å². The fourth-order valence-electron chi connectivity index (χ4n) is 1.69. The van der Waals surface area contributed by atoms with Crippen molar-refractivity contribution >= 4 is 5.97 Å². The molecule has 1 aromatic rings. The lowest BCUT2D eigenvalue weighted by Crippen LogP contribution is -2.05. The molecule has 0 spiro atoms. The summed E-state index contributed by atoms with van der Waals surface area (Å²) in [5.41, 5.74) is 1.14. The van der Waals surface area contributed by atoms with E-state index in [0.29, 0.717) is 19.8 Å². The van der Waals surface area contributed by atoms with Crippen LogP contribution < -0.4 is 0 Å². The van der Waals surface area contributed by atoms with Crippen molar-refractivity contribution in [2.45, 2.75) is 25.7 Å². The lowest BCUT2D eigenvalue weighted by atomic mass is 10.2. The second-order valence-electron chi connectivity index (χ2n) is 4.25. The third kappa shape index (κ3) is 4.85. The average molecular weight is 262 g/mol. The van der Waals surface area contributed by atoms with Crippen molar-refractivity contribution in [3.63, 3.8) is 0 Å². The molecule has 1 aliphatic rings. The van der Waals surface area contributed by atoms with E-state index in [0.717, 1.165) is 5.56 Å². The smallest absolute Gasteiger partial charge is 0.330 e. The molecule has 2 unspecified atom stereocenters. The molecular weight excluding hydrogens is 244 g/mol. The molecule has 0 amide bonds. The van der Waals surface area contributed by atoms with Gasteiger partial charge in [-0.25, -0.2) is 4.79 Å². The number of benzene rings is 1. The van der Waals surface area contributed by atoms with E-state index in [1.54, 1.807) is 13.0 Å². The molecule has 1 aromatic carbocycles. The van der Waals surface area contributed by atoms with Crippen LogP contribution in [0.3, 0.4) is 0 Å². The first-order chi connectivity index (χ1) is 9.29. The topological polar surface area (TPSA) is 48.1 Å². The van der Waals surface area contributed by atoms with Gasteiger partial charge in [-0.05, 0) is 18.6 Å². The van der Waals surface area contributed by atoms with E-state index in [9.17, 15) is 4.79 Å². The standard InChI is InChI=1S/C15H18O4/c1-2-18-15(16)9-8-13-14(19-13)11-17-10-12-6-4-3-5-7-12/h3-9,13-14H,2,10-11H2,1H3/b9-8+. The first-order valence-electron chi connectivity index (χ1n) is 6.41. The fourth-order valence-corrected chi connectivity index (χ4v) is 1.69. The van der Waals surface area contributed by atoms with Gasteiger partial charge in [0.2, 0.25) is 0 Å². The number of esters is 1. The van der Waals surface area contributed by atoms with Crippen molar-refractivity contribution in [1.82, 2.24) is 0 Å². The van der Waals surface area contributed by atoms with Gasteiger partial charge in [-0.1, -0.05) is 30.3 Å². The second-order valence-corrected chi connectivity index (χ2v) is 4.25. The van der Waals surface area contributed by atoms with Gasteiger partial charge in [0.1, 0.15) is 12.2 Å². The normalized spacial score (nSPS) is 21.5. The molecule has 0 saturated carbocycles. The maximum atomic E-state index is 11.1. The molecule has 0 aliphatic carbocycles. The molecule has 19 heavy (non-hydrogen) atoms. The molecule has 2 atom stereocenters. The molecule has 1 fully saturated rings. The van der Waals surface area contributed by atoms with Gasteiger partial charge in [-0.15, -0.1) is 0 Å². The molecule has 0 radical (unpaired) electrons. The maximum absolute atomic E-state index is 11.1. The van der Waals surface area contributed by atoms with Crippen LogP contribution in [-0.4, -0.2) is 31.4 Å². The summed E-state index contributed by atoms with van der Waals surface area (Å²) in [6.45, 7) is 3.28. The zero-order valence-corrected chi connectivity index (χ0v) is 11.0. The van der Waals surface area contributed by atoms with E-state index in [4.69, 9.17) is 14.2 Å². The Morgan fingerprint density at radius 1 is 1.37 bits per heavy atom. The second kappa shape index (κ2) is 7.07. The van der Waals surface area contributed by atoms with Crippen LogP contribution in [0.1, 0.15) is 12.5 Å². The third-order valence-electron chi connectivity index (χ3n) is 2.72. The largest absolute Gasteiger partial charge is 0.463 e. The lowest BCUT2D eigenvalue weighted by molar-refractivity contribution is -0.137. The van der Waals surface area contributed by atoms with Crippen molar-refractivity contribution in [3.05, 3.63) is 48.0 Å². The molecule has 0 N–H and O–H groups in total. The van der Waals surface area contributed by atoms with Gasteiger partial charge in [-0.2, -0.15) is 0 Å². The summed E-state index contributed by atoms with van der Waals surface area (Å²) in [5, 5.41) is 0. The molecule has 1 heterocycles. The van der Waals surface area contributed by atoms with Crippen molar-refractivity contribution in [2.75, 3.05) is 13.2 Å². The van der Waals surface area contributed by atoms with E-state index in [-0.39, 0.29) is 18.2 Å². The molecule has 1 aliphatic heterocycles. The molecular formula is C15H18O4. The molecule has 102 valence electrons. The number of carbonyl (C=O) groups is 1. The van der Waals surface area contributed by atoms with Gasteiger partial charge in [0.25, 0.3) is 0 Å². The van der Waals surface area contributed by atoms with Gasteiger partial charge < -0.3 is 14.2 Å². The highest BCUT2D eigenvalue weighted by Gasteiger charge is 2.36. The molecule has 0 aromatic heterocycles. The SMILES string of the molecule is CCOC(=O)/C=C/C1OC1COCc1ccccc1. The monoisotopic (exact) mass is 262 g/mol. The summed E-state index contributed by atoms with van der Waals surface area (Å²) >= 11 is 0. The minimum absolute atomic E-state index is 0.0276. The minimum Gasteiger partial charge on any atom is -0.463 e. The highest BCUT2D eigenvalue weighted by Crippen LogP contribution is 2.23. The Morgan fingerprint density at radius 2 is 2.16 bits per heavy atom. The highest BCUT2D eigenvalue weighted by atomic mass is 16.6. The Labute approximate surface area is 113 Å². The Morgan fingerprint density at radius 3 is 2.89 bits per heavy atom. The van der Waals surface area contributed by atoms with Crippen LogP contribution in [0.15, 0.2) is 42.5 Å². The van der Waals surface area contributed by atoms with E-state index < -0.39 is 0 Å². The first kappa shape index (κ1) is 13.8. The molecule has 1 saturated heterocycles. The minimum atomic E-state index is -0.332. The van der Waals surface area contributed by atoms with E-state index in [1.165, 1.54) is 6.08 Å². The number of hydrogen-bond acceptors (Lipinski definition) is 4. The summed E-state index contributed by atoms with van der Waals surface area (Å²) in [4.78, 5) is 11.1. The lowest BCUT2D eigenvalue weighted by Gasteiger charge is -2.01. The van der Waals surface area contributed by atoms with Crippen LogP contribution in [0.4, 0.5) is 0 Å². The van der Waals surface area contributed by atoms with E-state index in [1.807, 2.05) is 30.3 Å². The van der Waals surface area contributed by atoms with Gasteiger partial charge in [0, 0.05) is 6.08 Å². The zero-order valence-electron chi connectivity index (χ0n) is 11.0. The van der Waals surface area contributed by atoms with Gasteiger partial charge in [0.15, 0.2) is 0 Å². The number of hydrogen-bond donors (Lipinski definition) is 0. The quantitative estimate of drug-likeness (QED) is 0.429. The molecule has 0 bridgehead atoms. The van der Waals surface area contributed by atoms with Crippen molar-refractivity contribution in [1.29, 1.82) is 0 Å². The molecule has 4 nitrogen and oxygen atoms in total. The predicted molar refractivity (Wildman–Crippen MR) is 70.5 cm³/mol. The number of epoxide rings is 1. The van der Waals surface area contributed by atoms with Gasteiger partial charge >= 0.3 is 5.97 Å². The number of ether oxygens (including phenoxy) is 3. The van der Waals surface area contributed by atoms with Crippen LogP contribution in [0, 0.1) is 0 Å². The Kier molecular flexibility index (Phi) is 5.12. The van der Waals surface area contributed by atoms with Crippen LogP contribution >= 0.6 is 0 Å². The van der Waals surface area contributed by atoms with Crippen LogP contribution in [0.5, 0.6) is 0 Å². The Bertz CT molecular complexity index is 427. The third-order valence-corrected chi connectivity index (χ3v) is 2.72. The first-order valence-corrected chi connectivity index (χ1v) is 6.41. The van der Waals surface area contributed by atoms with E-state index in [2.05, 4.69) is 0 Å². The summed E-state index contributed by atoms with van der Waals surface area (Å²) in [7, 11) is 0. The maximum Gasteiger partial charge on any atom is 0.330 e. The van der Waals surface area contributed by atoms with Crippen LogP contribution in [0.2, 0.25) is 0 Å². The van der Waals surface area contributed by atoms with E-state index >= 15 is 0 Å². The molecule has 2 rings (SSSR count). The Hall–Kier alpha value is -1.65. The van der Waals surface area contributed by atoms with Crippen molar-refractivity contribution in [2.24, 2.45) is 0 Å². The fraction of sp³-hybridized carbons (Fsp3) is 0.400.